The first-order chi connectivity index (χ1) is 7.81. The Morgan fingerprint density at radius 1 is 1.31 bits per heavy atom. The average Bonchev–Trinajstić information content (AvgIpc) is 2.82. The van der Waals surface area contributed by atoms with Crippen LogP contribution in [0.4, 0.5) is 0 Å². The largest absolute Gasteiger partial charge is 0.490 e. The predicted molar refractivity (Wildman–Crippen MR) is 63.3 cm³/mol. The second kappa shape index (κ2) is 5.32. The van der Waals surface area contributed by atoms with E-state index in [9.17, 15) is 0 Å². The normalized spacial score (nSPS) is 18.6. The van der Waals surface area contributed by atoms with Crippen molar-refractivity contribution in [3.8, 4) is 5.75 Å². The topological polar surface area (TPSA) is 55.5 Å². The fourth-order valence-electron chi connectivity index (χ4n) is 2.18. The molecule has 0 unspecified atom stereocenters. The van der Waals surface area contributed by atoms with Crippen molar-refractivity contribution in [1.29, 1.82) is 0 Å². The molecular formula is C13H19NO2. The number of para-hydroxylation sites is 1. The van der Waals surface area contributed by atoms with Gasteiger partial charge in [0.15, 0.2) is 0 Å². The summed E-state index contributed by atoms with van der Waals surface area (Å²) in [7, 11) is 0. The van der Waals surface area contributed by atoms with E-state index in [1.807, 2.05) is 24.3 Å². The molecule has 1 saturated carbocycles. The Morgan fingerprint density at radius 2 is 2.00 bits per heavy atom. The molecule has 0 amide bonds. The fraction of sp³-hybridized carbons (Fsp3) is 0.538. The molecule has 3 N–H and O–H groups in total. The number of aliphatic hydroxyl groups is 1. The van der Waals surface area contributed by atoms with Gasteiger partial charge in [-0.1, -0.05) is 18.2 Å². The lowest BCUT2D eigenvalue weighted by atomic mass is 10.1. The molecule has 1 atom stereocenters. The predicted octanol–water partition coefficient (Wildman–Crippen LogP) is 2.00. The van der Waals surface area contributed by atoms with Crippen molar-refractivity contribution in [1.82, 2.24) is 0 Å². The van der Waals surface area contributed by atoms with Gasteiger partial charge in [0, 0.05) is 5.56 Å². The summed E-state index contributed by atoms with van der Waals surface area (Å²) < 4.78 is 5.94. The quantitative estimate of drug-likeness (QED) is 0.817. The van der Waals surface area contributed by atoms with Crippen LogP contribution < -0.4 is 10.5 Å². The maximum absolute atomic E-state index is 9.09. The van der Waals surface area contributed by atoms with E-state index in [1.54, 1.807) is 0 Å². The van der Waals surface area contributed by atoms with Crippen LogP contribution in [0.3, 0.4) is 0 Å². The zero-order valence-corrected chi connectivity index (χ0v) is 9.43. The molecule has 0 spiro atoms. The molecule has 0 aliphatic heterocycles. The number of aliphatic hydroxyl groups excluding tert-OH is 1. The summed E-state index contributed by atoms with van der Waals surface area (Å²) in [6.45, 7) is -0.0506. The highest BCUT2D eigenvalue weighted by atomic mass is 16.5. The third-order valence-corrected chi connectivity index (χ3v) is 3.11. The zero-order valence-electron chi connectivity index (χ0n) is 9.43. The SMILES string of the molecule is N[C@H](CO)c1ccccc1OC1CCCC1. The monoisotopic (exact) mass is 221 g/mol. The fourth-order valence-corrected chi connectivity index (χ4v) is 2.18. The number of hydrogen-bond donors (Lipinski definition) is 2. The molecule has 0 bridgehead atoms. The summed E-state index contributed by atoms with van der Waals surface area (Å²) >= 11 is 0. The lowest BCUT2D eigenvalue weighted by Crippen LogP contribution is -2.18. The highest BCUT2D eigenvalue weighted by Crippen LogP contribution is 2.28. The first-order valence-corrected chi connectivity index (χ1v) is 5.93. The Hall–Kier alpha value is -1.06. The van der Waals surface area contributed by atoms with Crippen LogP contribution in [-0.2, 0) is 0 Å². The van der Waals surface area contributed by atoms with Crippen LogP contribution in [0.25, 0.3) is 0 Å². The van der Waals surface area contributed by atoms with E-state index in [-0.39, 0.29) is 12.6 Å². The van der Waals surface area contributed by atoms with Crippen molar-refractivity contribution in [3.05, 3.63) is 29.8 Å². The van der Waals surface area contributed by atoms with E-state index in [2.05, 4.69) is 0 Å². The van der Waals surface area contributed by atoms with E-state index in [4.69, 9.17) is 15.6 Å². The van der Waals surface area contributed by atoms with Gasteiger partial charge >= 0.3 is 0 Å². The van der Waals surface area contributed by atoms with Crippen LogP contribution in [-0.4, -0.2) is 17.8 Å². The van der Waals surface area contributed by atoms with Gasteiger partial charge in [-0.2, -0.15) is 0 Å². The van der Waals surface area contributed by atoms with Crippen LogP contribution in [0, 0.1) is 0 Å². The third kappa shape index (κ3) is 2.54. The smallest absolute Gasteiger partial charge is 0.124 e. The summed E-state index contributed by atoms with van der Waals surface area (Å²) in [5.41, 5.74) is 6.74. The molecule has 1 aromatic rings. The Kier molecular flexibility index (Phi) is 3.80. The zero-order chi connectivity index (χ0) is 11.4. The van der Waals surface area contributed by atoms with Crippen molar-refractivity contribution >= 4 is 0 Å². The van der Waals surface area contributed by atoms with Gasteiger partial charge in [0.1, 0.15) is 5.75 Å². The molecule has 2 rings (SSSR count). The van der Waals surface area contributed by atoms with Crippen molar-refractivity contribution in [2.45, 2.75) is 37.8 Å². The molecule has 88 valence electrons. The van der Waals surface area contributed by atoms with Gasteiger partial charge in [-0.3, -0.25) is 0 Å². The summed E-state index contributed by atoms with van der Waals surface area (Å²) in [6.07, 6.45) is 5.08. The van der Waals surface area contributed by atoms with E-state index in [0.29, 0.717) is 6.10 Å². The molecule has 3 nitrogen and oxygen atoms in total. The molecule has 1 aliphatic carbocycles. The molecule has 1 aromatic carbocycles. The van der Waals surface area contributed by atoms with Gasteiger partial charge in [0.2, 0.25) is 0 Å². The first kappa shape index (κ1) is 11.4. The lowest BCUT2D eigenvalue weighted by Gasteiger charge is -2.18. The number of benzene rings is 1. The van der Waals surface area contributed by atoms with Crippen LogP contribution in [0.15, 0.2) is 24.3 Å². The molecule has 0 radical (unpaired) electrons. The minimum atomic E-state index is -0.349. The lowest BCUT2D eigenvalue weighted by molar-refractivity contribution is 0.202. The van der Waals surface area contributed by atoms with Crippen molar-refractivity contribution in [2.24, 2.45) is 5.73 Å². The van der Waals surface area contributed by atoms with Gasteiger partial charge in [-0.05, 0) is 31.7 Å². The summed E-state index contributed by atoms with van der Waals surface area (Å²) in [5, 5.41) is 9.09. The van der Waals surface area contributed by atoms with E-state index in [0.717, 1.165) is 24.2 Å². The summed E-state index contributed by atoms with van der Waals surface area (Å²) in [5.74, 6) is 0.830. The van der Waals surface area contributed by atoms with Crippen molar-refractivity contribution < 1.29 is 9.84 Å². The molecule has 0 aromatic heterocycles. The highest BCUT2D eigenvalue weighted by molar-refractivity contribution is 5.36. The number of hydrogen-bond acceptors (Lipinski definition) is 3. The molecule has 0 heterocycles. The maximum Gasteiger partial charge on any atom is 0.124 e. The van der Waals surface area contributed by atoms with Crippen LogP contribution in [0.2, 0.25) is 0 Å². The molecule has 1 aliphatic rings. The minimum absolute atomic E-state index is 0.0506. The Morgan fingerprint density at radius 3 is 2.69 bits per heavy atom. The molecule has 3 heteroatoms. The number of nitrogens with two attached hydrogens (primary N) is 1. The number of rotatable bonds is 4. The van der Waals surface area contributed by atoms with Gasteiger partial charge in [-0.15, -0.1) is 0 Å². The van der Waals surface area contributed by atoms with E-state index < -0.39 is 0 Å². The van der Waals surface area contributed by atoms with Gasteiger partial charge < -0.3 is 15.6 Å². The number of ether oxygens (including phenoxy) is 1. The highest BCUT2D eigenvalue weighted by Gasteiger charge is 2.19. The first-order valence-electron chi connectivity index (χ1n) is 5.93. The second-order valence-electron chi connectivity index (χ2n) is 4.35. The van der Waals surface area contributed by atoms with Crippen LogP contribution in [0.1, 0.15) is 37.3 Å². The van der Waals surface area contributed by atoms with Crippen molar-refractivity contribution in [3.63, 3.8) is 0 Å². The van der Waals surface area contributed by atoms with Gasteiger partial charge in [0.05, 0.1) is 18.8 Å². The molecule has 1 fully saturated rings. The maximum atomic E-state index is 9.09. The standard InChI is InChI=1S/C13H19NO2/c14-12(9-15)11-7-3-4-8-13(11)16-10-5-1-2-6-10/h3-4,7-8,10,12,15H,1-2,5-6,9,14H2/t12-/m1/s1. The van der Waals surface area contributed by atoms with E-state index >= 15 is 0 Å². The average molecular weight is 221 g/mol. The van der Waals surface area contributed by atoms with Crippen LogP contribution in [0.5, 0.6) is 5.75 Å². The summed E-state index contributed by atoms with van der Waals surface area (Å²) in [6, 6.07) is 7.37. The Balaban J connectivity index is 2.12. The minimum Gasteiger partial charge on any atom is -0.490 e. The third-order valence-electron chi connectivity index (χ3n) is 3.11. The second-order valence-corrected chi connectivity index (χ2v) is 4.35. The van der Waals surface area contributed by atoms with Crippen LogP contribution >= 0.6 is 0 Å². The molecule has 0 saturated heterocycles. The van der Waals surface area contributed by atoms with E-state index in [1.165, 1.54) is 12.8 Å². The molecule has 16 heavy (non-hydrogen) atoms. The molecular weight excluding hydrogens is 202 g/mol. The van der Waals surface area contributed by atoms with Gasteiger partial charge in [0.25, 0.3) is 0 Å². The van der Waals surface area contributed by atoms with Crippen molar-refractivity contribution in [2.75, 3.05) is 6.61 Å². The summed E-state index contributed by atoms with van der Waals surface area (Å²) in [4.78, 5) is 0. The Labute approximate surface area is 96.2 Å². The Bertz CT molecular complexity index is 334. The van der Waals surface area contributed by atoms with Gasteiger partial charge in [-0.25, -0.2) is 0 Å².